The van der Waals surface area contributed by atoms with Gasteiger partial charge in [-0.05, 0) is 29.7 Å². The summed E-state index contributed by atoms with van der Waals surface area (Å²) >= 11 is 1.45. The van der Waals surface area contributed by atoms with Crippen molar-refractivity contribution in [3.8, 4) is 0 Å². The van der Waals surface area contributed by atoms with Crippen molar-refractivity contribution in [3.63, 3.8) is 0 Å². The Hall–Kier alpha value is -2.27. The van der Waals surface area contributed by atoms with Gasteiger partial charge < -0.3 is 5.32 Å². The highest BCUT2D eigenvalue weighted by atomic mass is 32.1. The van der Waals surface area contributed by atoms with Crippen molar-refractivity contribution >= 4 is 27.3 Å². The molecule has 0 aliphatic heterocycles. The predicted molar refractivity (Wildman–Crippen MR) is 75.0 cm³/mol. The van der Waals surface area contributed by atoms with Crippen molar-refractivity contribution in [2.75, 3.05) is 0 Å². The van der Waals surface area contributed by atoms with E-state index in [0.29, 0.717) is 11.4 Å². The van der Waals surface area contributed by atoms with E-state index in [1.54, 1.807) is 18.6 Å². The van der Waals surface area contributed by atoms with Gasteiger partial charge in [-0.1, -0.05) is 6.07 Å². The van der Waals surface area contributed by atoms with Crippen molar-refractivity contribution in [2.24, 2.45) is 0 Å². The van der Waals surface area contributed by atoms with Crippen molar-refractivity contribution in [1.82, 2.24) is 15.3 Å². The molecule has 1 amide bonds. The number of aromatic nitrogens is 2. The summed E-state index contributed by atoms with van der Waals surface area (Å²) in [5.74, 6) is -0.0770. The molecule has 0 atom stereocenters. The molecule has 19 heavy (non-hydrogen) atoms. The fourth-order valence-corrected chi connectivity index (χ4v) is 2.70. The molecule has 0 aromatic carbocycles. The summed E-state index contributed by atoms with van der Waals surface area (Å²) in [5, 5.41) is 3.91. The number of amides is 1. The van der Waals surface area contributed by atoms with Crippen molar-refractivity contribution in [1.29, 1.82) is 0 Å². The Morgan fingerprint density at radius 2 is 2.21 bits per heavy atom. The first-order valence-corrected chi connectivity index (χ1v) is 6.66. The summed E-state index contributed by atoms with van der Waals surface area (Å²) in [4.78, 5) is 20.9. The van der Waals surface area contributed by atoms with Crippen LogP contribution < -0.4 is 5.32 Å². The maximum Gasteiger partial charge on any atom is 0.261 e. The third-order valence-corrected chi connectivity index (χ3v) is 3.79. The van der Waals surface area contributed by atoms with Gasteiger partial charge in [-0.25, -0.2) is 0 Å². The van der Waals surface area contributed by atoms with E-state index in [4.69, 9.17) is 0 Å². The van der Waals surface area contributed by atoms with E-state index in [9.17, 15) is 4.79 Å². The van der Waals surface area contributed by atoms with E-state index in [1.807, 2.05) is 30.3 Å². The van der Waals surface area contributed by atoms with Crippen LogP contribution in [0, 0.1) is 0 Å². The first kappa shape index (κ1) is 11.8. The molecule has 0 aliphatic carbocycles. The lowest BCUT2D eigenvalue weighted by atomic mass is 10.3. The van der Waals surface area contributed by atoms with Crippen LogP contribution >= 0.6 is 11.3 Å². The Morgan fingerprint density at radius 3 is 3.00 bits per heavy atom. The quantitative estimate of drug-likeness (QED) is 0.795. The molecule has 3 rings (SSSR count). The topological polar surface area (TPSA) is 54.9 Å². The fraction of sp³-hybridized carbons (Fsp3) is 0.0714. The first-order chi connectivity index (χ1) is 9.33. The zero-order valence-electron chi connectivity index (χ0n) is 10.0. The number of hydrogen-bond donors (Lipinski definition) is 1. The van der Waals surface area contributed by atoms with E-state index in [1.165, 1.54) is 11.3 Å². The van der Waals surface area contributed by atoms with E-state index in [2.05, 4.69) is 15.3 Å². The number of pyridine rings is 2. The molecule has 0 fully saturated rings. The van der Waals surface area contributed by atoms with Crippen molar-refractivity contribution < 1.29 is 4.79 Å². The van der Waals surface area contributed by atoms with Gasteiger partial charge >= 0.3 is 0 Å². The minimum absolute atomic E-state index is 0.0770. The molecule has 4 nitrogen and oxygen atoms in total. The minimum Gasteiger partial charge on any atom is -0.346 e. The van der Waals surface area contributed by atoms with Gasteiger partial charge in [0.2, 0.25) is 0 Å². The van der Waals surface area contributed by atoms with Gasteiger partial charge in [-0.15, -0.1) is 11.3 Å². The summed E-state index contributed by atoms with van der Waals surface area (Å²) in [7, 11) is 0. The van der Waals surface area contributed by atoms with Crippen LogP contribution in [0.5, 0.6) is 0 Å². The van der Waals surface area contributed by atoms with Gasteiger partial charge in [0.1, 0.15) is 0 Å². The molecule has 0 saturated heterocycles. The van der Waals surface area contributed by atoms with Crippen LogP contribution in [0.2, 0.25) is 0 Å². The standard InChI is InChI=1S/C14H11N3OS/c18-14(17-8-11-3-1-2-5-16-11)12-7-10-4-6-15-9-13(10)19-12/h1-7,9H,8H2,(H,17,18). The number of rotatable bonds is 3. The van der Waals surface area contributed by atoms with Crippen LogP contribution in [0.25, 0.3) is 10.1 Å². The van der Waals surface area contributed by atoms with E-state index in [-0.39, 0.29) is 5.91 Å². The highest BCUT2D eigenvalue weighted by Gasteiger charge is 2.09. The number of hydrogen-bond acceptors (Lipinski definition) is 4. The highest BCUT2D eigenvalue weighted by molar-refractivity contribution is 7.20. The van der Waals surface area contributed by atoms with Crippen LogP contribution in [-0.2, 0) is 6.54 Å². The van der Waals surface area contributed by atoms with Crippen molar-refractivity contribution in [3.05, 3.63) is 59.5 Å². The average molecular weight is 269 g/mol. The maximum absolute atomic E-state index is 12.0. The summed E-state index contributed by atoms with van der Waals surface area (Å²) in [6.07, 6.45) is 5.22. The van der Waals surface area contributed by atoms with Gasteiger partial charge in [0.25, 0.3) is 5.91 Å². The normalized spacial score (nSPS) is 10.5. The lowest BCUT2D eigenvalue weighted by Gasteiger charge is -2.02. The molecule has 3 aromatic heterocycles. The molecule has 0 radical (unpaired) electrons. The lowest BCUT2D eigenvalue weighted by Crippen LogP contribution is -2.22. The SMILES string of the molecule is O=C(NCc1ccccn1)c1cc2ccncc2s1. The minimum atomic E-state index is -0.0770. The molecule has 3 aromatic rings. The van der Waals surface area contributed by atoms with E-state index >= 15 is 0 Å². The average Bonchev–Trinajstić information content (AvgIpc) is 2.90. The molecule has 0 bridgehead atoms. The number of thiophene rings is 1. The Balaban J connectivity index is 1.73. The van der Waals surface area contributed by atoms with E-state index in [0.717, 1.165) is 15.8 Å². The van der Waals surface area contributed by atoms with Gasteiger partial charge in [-0.2, -0.15) is 0 Å². The number of carbonyl (C=O) groups excluding carboxylic acids is 1. The summed E-state index contributed by atoms with van der Waals surface area (Å²) in [5.41, 5.74) is 0.846. The summed E-state index contributed by atoms with van der Waals surface area (Å²) in [6, 6.07) is 9.43. The first-order valence-electron chi connectivity index (χ1n) is 5.84. The Morgan fingerprint density at radius 1 is 1.26 bits per heavy atom. The molecular formula is C14H11N3OS. The van der Waals surface area contributed by atoms with Gasteiger partial charge in [0.15, 0.2) is 0 Å². The molecular weight excluding hydrogens is 258 g/mol. The predicted octanol–water partition coefficient (Wildman–Crippen LogP) is 2.62. The second kappa shape index (κ2) is 5.16. The van der Waals surface area contributed by atoms with Crippen molar-refractivity contribution in [2.45, 2.75) is 6.54 Å². The highest BCUT2D eigenvalue weighted by Crippen LogP contribution is 2.24. The Kier molecular flexibility index (Phi) is 3.20. The Bertz CT molecular complexity index is 676. The summed E-state index contributed by atoms with van der Waals surface area (Å²) < 4.78 is 1.02. The van der Waals surface area contributed by atoms with Crippen LogP contribution in [-0.4, -0.2) is 15.9 Å². The fourth-order valence-electron chi connectivity index (χ4n) is 1.76. The van der Waals surface area contributed by atoms with Gasteiger partial charge in [0.05, 0.1) is 21.8 Å². The second-order valence-electron chi connectivity index (χ2n) is 4.03. The molecule has 0 spiro atoms. The number of nitrogens with zero attached hydrogens (tertiary/aromatic N) is 2. The Labute approximate surface area is 114 Å². The number of carbonyl (C=O) groups is 1. The smallest absolute Gasteiger partial charge is 0.261 e. The second-order valence-corrected chi connectivity index (χ2v) is 5.11. The monoisotopic (exact) mass is 269 g/mol. The van der Waals surface area contributed by atoms with Crippen LogP contribution in [0.3, 0.4) is 0 Å². The molecule has 0 aliphatic rings. The molecule has 94 valence electrons. The maximum atomic E-state index is 12.0. The number of fused-ring (bicyclic) bond motifs is 1. The molecule has 1 N–H and O–H groups in total. The zero-order chi connectivity index (χ0) is 13.1. The molecule has 0 unspecified atom stereocenters. The molecule has 0 saturated carbocycles. The molecule has 3 heterocycles. The number of nitrogens with one attached hydrogen (secondary N) is 1. The third kappa shape index (κ3) is 2.61. The third-order valence-electron chi connectivity index (χ3n) is 2.70. The largest absolute Gasteiger partial charge is 0.346 e. The van der Waals surface area contributed by atoms with Crippen LogP contribution in [0.4, 0.5) is 0 Å². The van der Waals surface area contributed by atoms with Gasteiger partial charge in [-0.3, -0.25) is 14.8 Å². The summed E-state index contributed by atoms with van der Waals surface area (Å²) in [6.45, 7) is 0.437. The van der Waals surface area contributed by atoms with E-state index < -0.39 is 0 Å². The lowest BCUT2D eigenvalue weighted by molar-refractivity contribution is 0.0954. The van der Waals surface area contributed by atoms with Crippen LogP contribution in [0.1, 0.15) is 15.4 Å². The molecule has 5 heteroatoms. The van der Waals surface area contributed by atoms with Gasteiger partial charge in [0, 0.05) is 18.6 Å². The zero-order valence-corrected chi connectivity index (χ0v) is 10.9. The van der Waals surface area contributed by atoms with Crippen LogP contribution in [0.15, 0.2) is 48.9 Å².